The zero-order valence-corrected chi connectivity index (χ0v) is 11.8. The number of sulfonamides is 1. The van der Waals surface area contributed by atoms with Gasteiger partial charge in [0.05, 0.1) is 6.61 Å². The Labute approximate surface area is 107 Å². The van der Waals surface area contributed by atoms with Crippen molar-refractivity contribution >= 4 is 21.4 Å². The lowest BCUT2D eigenvalue weighted by Crippen LogP contribution is -2.24. The van der Waals surface area contributed by atoms with Crippen LogP contribution in [0.2, 0.25) is 0 Å². The van der Waals surface area contributed by atoms with Gasteiger partial charge >= 0.3 is 0 Å². The Bertz CT molecular complexity index is 437. The van der Waals surface area contributed by atoms with Crippen LogP contribution in [0.3, 0.4) is 0 Å². The summed E-state index contributed by atoms with van der Waals surface area (Å²) in [4.78, 5) is 0.660. The van der Waals surface area contributed by atoms with E-state index in [0.717, 1.165) is 24.2 Å². The van der Waals surface area contributed by atoms with Gasteiger partial charge in [-0.25, -0.2) is 13.1 Å². The van der Waals surface area contributed by atoms with Gasteiger partial charge in [-0.15, -0.1) is 11.3 Å². The van der Waals surface area contributed by atoms with E-state index >= 15 is 0 Å². The Morgan fingerprint density at radius 2 is 2.12 bits per heavy atom. The average molecular weight is 277 g/mol. The van der Waals surface area contributed by atoms with E-state index in [1.807, 2.05) is 0 Å². The minimum atomic E-state index is -3.39. The van der Waals surface area contributed by atoms with Crippen molar-refractivity contribution in [2.45, 2.75) is 37.5 Å². The van der Waals surface area contributed by atoms with E-state index in [1.165, 1.54) is 6.07 Å². The fourth-order valence-electron chi connectivity index (χ4n) is 1.38. The molecule has 0 atom stereocenters. The molecule has 4 nitrogen and oxygen atoms in total. The number of hydrogen-bond donors (Lipinski definition) is 2. The summed E-state index contributed by atoms with van der Waals surface area (Å²) in [5.74, 6) is 0.585. The number of rotatable bonds is 7. The zero-order valence-electron chi connectivity index (χ0n) is 10.1. The highest BCUT2D eigenvalue weighted by Gasteiger charge is 2.15. The van der Waals surface area contributed by atoms with Crippen molar-refractivity contribution < 1.29 is 13.5 Å². The number of nitrogens with one attached hydrogen (secondary N) is 1. The van der Waals surface area contributed by atoms with Crippen LogP contribution in [0.15, 0.2) is 16.3 Å². The second kappa shape index (κ2) is 6.49. The third-order valence-electron chi connectivity index (χ3n) is 2.31. The van der Waals surface area contributed by atoms with Crippen LogP contribution < -0.4 is 4.72 Å². The first-order valence-corrected chi connectivity index (χ1v) is 7.95. The Kier molecular flexibility index (Phi) is 5.58. The molecule has 1 heterocycles. The SMILES string of the molecule is CC(C)CCCNS(=O)(=O)c1ccc(CO)s1. The first-order chi connectivity index (χ1) is 7.95. The third kappa shape index (κ3) is 4.75. The van der Waals surface area contributed by atoms with Crippen LogP contribution >= 0.6 is 11.3 Å². The Hall–Kier alpha value is -0.430. The van der Waals surface area contributed by atoms with Crippen molar-refractivity contribution in [2.75, 3.05) is 6.54 Å². The number of aliphatic hydroxyl groups excluding tert-OH is 1. The molecule has 0 fully saturated rings. The summed E-state index contributed by atoms with van der Waals surface area (Å²) in [5.41, 5.74) is 0. The molecule has 0 unspecified atom stereocenters. The molecule has 1 rings (SSSR count). The molecule has 0 aliphatic carbocycles. The van der Waals surface area contributed by atoms with Gasteiger partial charge in [0, 0.05) is 11.4 Å². The van der Waals surface area contributed by atoms with Crippen LogP contribution in [0.1, 0.15) is 31.6 Å². The largest absolute Gasteiger partial charge is 0.391 e. The quantitative estimate of drug-likeness (QED) is 0.749. The van der Waals surface area contributed by atoms with Crippen molar-refractivity contribution in [3.8, 4) is 0 Å². The molecule has 0 saturated carbocycles. The van der Waals surface area contributed by atoms with E-state index in [4.69, 9.17) is 5.11 Å². The fraction of sp³-hybridized carbons (Fsp3) is 0.636. The molecule has 17 heavy (non-hydrogen) atoms. The van der Waals surface area contributed by atoms with Crippen molar-refractivity contribution in [1.82, 2.24) is 4.72 Å². The van der Waals surface area contributed by atoms with Crippen LogP contribution in [-0.4, -0.2) is 20.1 Å². The second-order valence-electron chi connectivity index (χ2n) is 4.31. The molecule has 0 aliphatic rings. The number of hydrogen-bond acceptors (Lipinski definition) is 4. The van der Waals surface area contributed by atoms with Gasteiger partial charge in [-0.05, 0) is 30.9 Å². The van der Waals surface area contributed by atoms with Gasteiger partial charge in [0.2, 0.25) is 10.0 Å². The van der Waals surface area contributed by atoms with Gasteiger partial charge in [-0.2, -0.15) is 0 Å². The molecule has 0 spiro atoms. The van der Waals surface area contributed by atoms with Gasteiger partial charge in [0.1, 0.15) is 4.21 Å². The summed E-state index contributed by atoms with van der Waals surface area (Å²) in [5, 5.41) is 8.89. The molecular weight excluding hydrogens is 258 g/mol. The Balaban J connectivity index is 2.51. The van der Waals surface area contributed by atoms with E-state index < -0.39 is 10.0 Å². The molecule has 0 bridgehead atoms. The Morgan fingerprint density at radius 1 is 1.41 bits per heavy atom. The summed E-state index contributed by atoms with van der Waals surface area (Å²) >= 11 is 1.10. The first kappa shape index (κ1) is 14.6. The molecule has 0 aromatic carbocycles. The van der Waals surface area contributed by atoms with Crippen LogP contribution in [0, 0.1) is 5.92 Å². The lowest BCUT2D eigenvalue weighted by molar-refractivity contribution is 0.285. The maximum absolute atomic E-state index is 11.8. The Morgan fingerprint density at radius 3 is 2.65 bits per heavy atom. The molecule has 1 aromatic rings. The topological polar surface area (TPSA) is 66.4 Å². The predicted molar refractivity (Wildman–Crippen MR) is 69.5 cm³/mol. The van der Waals surface area contributed by atoms with Crippen molar-refractivity contribution in [2.24, 2.45) is 5.92 Å². The minimum absolute atomic E-state index is 0.118. The fourth-order valence-corrected chi connectivity index (χ4v) is 3.71. The van der Waals surface area contributed by atoms with Gasteiger partial charge in [0.25, 0.3) is 0 Å². The summed E-state index contributed by atoms with van der Waals surface area (Å²) < 4.78 is 26.5. The normalized spacial score (nSPS) is 12.2. The number of aliphatic hydroxyl groups is 1. The van der Waals surface area contributed by atoms with Gasteiger partial charge in [-0.1, -0.05) is 13.8 Å². The van der Waals surface area contributed by atoms with E-state index in [2.05, 4.69) is 18.6 Å². The summed E-state index contributed by atoms with van der Waals surface area (Å²) in [7, 11) is -3.39. The van der Waals surface area contributed by atoms with Gasteiger partial charge in [0.15, 0.2) is 0 Å². The van der Waals surface area contributed by atoms with E-state index in [9.17, 15) is 8.42 Å². The lowest BCUT2D eigenvalue weighted by Gasteiger charge is -2.06. The van der Waals surface area contributed by atoms with E-state index in [0.29, 0.717) is 17.3 Å². The van der Waals surface area contributed by atoms with Gasteiger partial charge in [-0.3, -0.25) is 0 Å². The average Bonchev–Trinajstić information content (AvgIpc) is 2.73. The van der Waals surface area contributed by atoms with Crippen LogP contribution in [0.4, 0.5) is 0 Å². The highest BCUT2D eigenvalue weighted by molar-refractivity contribution is 7.91. The molecule has 0 radical (unpaired) electrons. The smallest absolute Gasteiger partial charge is 0.250 e. The maximum Gasteiger partial charge on any atom is 0.250 e. The van der Waals surface area contributed by atoms with Crippen molar-refractivity contribution in [1.29, 1.82) is 0 Å². The third-order valence-corrected chi connectivity index (χ3v) is 5.33. The van der Waals surface area contributed by atoms with Crippen molar-refractivity contribution in [3.05, 3.63) is 17.0 Å². The monoisotopic (exact) mass is 277 g/mol. The molecule has 6 heteroatoms. The van der Waals surface area contributed by atoms with Crippen LogP contribution in [0.25, 0.3) is 0 Å². The van der Waals surface area contributed by atoms with E-state index in [1.54, 1.807) is 6.07 Å². The first-order valence-electron chi connectivity index (χ1n) is 5.65. The van der Waals surface area contributed by atoms with Gasteiger partial charge < -0.3 is 5.11 Å². The standard InChI is InChI=1S/C11H19NO3S2/c1-9(2)4-3-7-12-17(14,15)11-6-5-10(8-13)16-11/h5-6,9,12-13H,3-4,7-8H2,1-2H3. The summed E-state index contributed by atoms with van der Waals surface area (Å²) in [6, 6.07) is 3.16. The molecular formula is C11H19NO3S2. The van der Waals surface area contributed by atoms with E-state index in [-0.39, 0.29) is 10.8 Å². The highest BCUT2D eigenvalue weighted by atomic mass is 32.2. The predicted octanol–water partition coefficient (Wildman–Crippen LogP) is 1.95. The summed E-state index contributed by atoms with van der Waals surface area (Å²) in [6.45, 7) is 4.57. The minimum Gasteiger partial charge on any atom is -0.391 e. The molecule has 0 saturated heterocycles. The summed E-state index contributed by atoms with van der Waals surface area (Å²) in [6.07, 6.45) is 1.85. The molecule has 2 N–H and O–H groups in total. The van der Waals surface area contributed by atoms with Crippen molar-refractivity contribution in [3.63, 3.8) is 0 Å². The van der Waals surface area contributed by atoms with Crippen LogP contribution in [0.5, 0.6) is 0 Å². The van der Waals surface area contributed by atoms with Crippen LogP contribution in [-0.2, 0) is 16.6 Å². The molecule has 0 aliphatic heterocycles. The number of thiophene rings is 1. The highest BCUT2D eigenvalue weighted by Crippen LogP contribution is 2.21. The maximum atomic E-state index is 11.8. The lowest BCUT2D eigenvalue weighted by atomic mass is 10.1. The molecule has 0 amide bonds. The zero-order chi connectivity index (χ0) is 12.9. The second-order valence-corrected chi connectivity index (χ2v) is 7.47. The molecule has 98 valence electrons. The molecule has 1 aromatic heterocycles.